The largest absolute Gasteiger partial charge is 0.393 e. The van der Waals surface area contributed by atoms with Crippen LogP contribution >= 0.6 is 0 Å². The predicted octanol–water partition coefficient (Wildman–Crippen LogP) is 6.11. The summed E-state index contributed by atoms with van der Waals surface area (Å²) in [5.41, 5.74) is 0.994. The van der Waals surface area contributed by atoms with E-state index in [1.165, 1.54) is 77.0 Å². The van der Waals surface area contributed by atoms with Crippen molar-refractivity contribution in [3.05, 3.63) is 11.6 Å². The summed E-state index contributed by atoms with van der Waals surface area (Å²) in [5.74, 6) is -1.08. The minimum Gasteiger partial charge on any atom is -0.393 e. The Morgan fingerprint density at radius 3 is 1.88 bits per heavy atom. The van der Waals surface area contributed by atoms with Crippen LogP contribution < -0.4 is 0 Å². The van der Waals surface area contributed by atoms with Gasteiger partial charge in [0.15, 0.2) is 0 Å². The highest BCUT2D eigenvalue weighted by atomic mass is 16.6. The zero-order valence-corrected chi connectivity index (χ0v) is 15.8. The standard InChI is InChI=1S/C21H36O3/c1-3-4-5-6-7-8-9-10-11-12-13-14-15-16-18(2)19-17-20(22)24-21(19)23/h16,19H,3-15,17H2,1-2H3/b18-16+. The molecule has 0 spiro atoms. The van der Waals surface area contributed by atoms with Crippen LogP contribution in [-0.2, 0) is 14.3 Å². The van der Waals surface area contributed by atoms with E-state index in [4.69, 9.17) is 0 Å². The fourth-order valence-electron chi connectivity index (χ4n) is 3.28. The molecule has 1 rings (SSSR count). The van der Waals surface area contributed by atoms with Gasteiger partial charge in [-0.15, -0.1) is 0 Å². The highest BCUT2D eigenvalue weighted by Gasteiger charge is 2.34. The molecule has 0 bridgehead atoms. The number of unbranched alkanes of at least 4 members (excludes halogenated alkanes) is 12. The number of allylic oxidation sites excluding steroid dienone is 1. The van der Waals surface area contributed by atoms with Crippen molar-refractivity contribution in [1.29, 1.82) is 0 Å². The molecule has 0 aromatic rings. The molecule has 0 amide bonds. The van der Waals surface area contributed by atoms with Gasteiger partial charge in [0.05, 0.1) is 12.3 Å². The van der Waals surface area contributed by atoms with Crippen molar-refractivity contribution >= 4 is 11.9 Å². The summed E-state index contributed by atoms with van der Waals surface area (Å²) in [5, 5.41) is 0. The summed E-state index contributed by atoms with van der Waals surface area (Å²) in [4.78, 5) is 22.6. The topological polar surface area (TPSA) is 43.4 Å². The number of ether oxygens (including phenoxy) is 1. The van der Waals surface area contributed by atoms with Crippen LogP contribution in [0.2, 0.25) is 0 Å². The third kappa shape index (κ3) is 9.24. The molecule has 0 N–H and O–H groups in total. The molecule has 3 heteroatoms. The maximum absolute atomic E-state index is 11.5. The van der Waals surface area contributed by atoms with Crippen molar-refractivity contribution in [2.45, 2.75) is 104 Å². The average molecular weight is 337 g/mol. The molecule has 1 aliphatic heterocycles. The Bertz CT molecular complexity index is 398. The van der Waals surface area contributed by atoms with Gasteiger partial charge in [-0.2, -0.15) is 0 Å². The van der Waals surface area contributed by atoms with Crippen molar-refractivity contribution in [2.75, 3.05) is 0 Å². The Balaban J connectivity index is 1.91. The summed E-state index contributed by atoms with van der Waals surface area (Å²) in [6, 6.07) is 0. The third-order valence-corrected chi connectivity index (χ3v) is 4.94. The van der Waals surface area contributed by atoms with Crippen molar-refractivity contribution in [2.24, 2.45) is 5.92 Å². The molecule has 3 nitrogen and oxygen atoms in total. The van der Waals surface area contributed by atoms with Gasteiger partial charge < -0.3 is 4.74 Å². The summed E-state index contributed by atoms with van der Waals surface area (Å²) >= 11 is 0. The zero-order chi connectivity index (χ0) is 17.6. The Morgan fingerprint density at radius 2 is 1.42 bits per heavy atom. The molecule has 1 aliphatic rings. The van der Waals surface area contributed by atoms with Gasteiger partial charge in [-0.25, -0.2) is 0 Å². The minimum atomic E-state index is -0.386. The number of carbonyl (C=O) groups is 2. The van der Waals surface area contributed by atoms with Crippen LogP contribution in [0.15, 0.2) is 11.6 Å². The summed E-state index contributed by atoms with van der Waals surface area (Å²) in [7, 11) is 0. The van der Waals surface area contributed by atoms with E-state index in [0.717, 1.165) is 12.0 Å². The second kappa shape index (κ2) is 13.2. The molecule has 24 heavy (non-hydrogen) atoms. The summed E-state index contributed by atoms with van der Waals surface area (Å²) in [6.07, 6.45) is 19.6. The minimum absolute atomic E-state index is 0.222. The third-order valence-electron chi connectivity index (χ3n) is 4.94. The first kappa shape index (κ1) is 20.9. The lowest BCUT2D eigenvalue weighted by atomic mass is 9.97. The molecule has 0 aromatic heterocycles. The van der Waals surface area contributed by atoms with Crippen molar-refractivity contribution in [3.63, 3.8) is 0 Å². The molecule has 1 heterocycles. The van der Waals surface area contributed by atoms with Gasteiger partial charge in [-0.3, -0.25) is 9.59 Å². The molecule has 0 radical (unpaired) electrons. The van der Waals surface area contributed by atoms with E-state index in [2.05, 4.69) is 17.7 Å². The Morgan fingerprint density at radius 1 is 0.917 bits per heavy atom. The Labute approximate surface area is 148 Å². The maximum atomic E-state index is 11.5. The molecule has 138 valence electrons. The fourth-order valence-corrected chi connectivity index (χ4v) is 3.28. The normalized spacial score (nSPS) is 18.2. The SMILES string of the molecule is CCCCCCCCCCCCCC/C=C(\C)C1CC(=O)OC1=O. The molecular formula is C21H36O3. The van der Waals surface area contributed by atoms with Crippen LogP contribution in [-0.4, -0.2) is 11.9 Å². The van der Waals surface area contributed by atoms with Crippen LogP contribution in [0.4, 0.5) is 0 Å². The van der Waals surface area contributed by atoms with E-state index in [1.54, 1.807) is 0 Å². The van der Waals surface area contributed by atoms with Gasteiger partial charge >= 0.3 is 11.9 Å². The average Bonchev–Trinajstić information content (AvgIpc) is 2.90. The molecular weight excluding hydrogens is 300 g/mol. The smallest absolute Gasteiger partial charge is 0.321 e. The van der Waals surface area contributed by atoms with Gasteiger partial charge in [-0.05, 0) is 19.8 Å². The van der Waals surface area contributed by atoms with Crippen LogP contribution in [0, 0.1) is 5.92 Å². The Hall–Kier alpha value is -1.12. The van der Waals surface area contributed by atoms with Crippen molar-refractivity contribution in [3.8, 4) is 0 Å². The molecule has 1 fully saturated rings. The second-order valence-electron chi connectivity index (χ2n) is 7.18. The van der Waals surface area contributed by atoms with Gasteiger partial charge in [0, 0.05) is 0 Å². The monoisotopic (exact) mass is 336 g/mol. The predicted molar refractivity (Wildman–Crippen MR) is 98.7 cm³/mol. The van der Waals surface area contributed by atoms with Crippen molar-refractivity contribution in [1.82, 2.24) is 0 Å². The highest BCUT2D eigenvalue weighted by molar-refractivity contribution is 5.96. The van der Waals surface area contributed by atoms with Crippen LogP contribution in [0.5, 0.6) is 0 Å². The first-order chi connectivity index (χ1) is 11.6. The number of hydrogen-bond acceptors (Lipinski definition) is 3. The van der Waals surface area contributed by atoms with Crippen LogP contribution in [0.25, 0.3) is 0 Å². The number of hydrogen-bond donors (Lipinski definition) is 0. The van der Waals surface area contributed by atoms with E-state index in [1.807, 2.05) is 6.92 Å². The first-order valence-corrected chi connectivity index (χ1v) is 10.1. The number of esters is 2. The van der Waals surface area contributed by atoms with E-state index in [-0.39, 0.29) is 24.3 Å². The molecule has 0 aromatic carbocycles. The summed E-state index contributed by atoms with van der Waals surface area (Å²) < 4.78 is 4.60. The fraction of sp³-hybridized carbons (Fsp3) is 0.810. The molecule has 1 unspecified atom stereocenters. The maximum Gasteiger partial charge on any atom is 0.321 e. The highest BCUT2D eigenvalue weighted by Crippen LogP contribution is 2.24. The number of cyclic esters (lactones) is 2. The lowest BCUT2D eigenvalue weighted by molar-refractivity contribution is -0.152. The van der Waals surface area contributed by atoms with E-state index >= 15 is 0 Å². The quantitative estimate of drug-likeness (QED) is 0.166. The van der Waals surface area contributed by atoms with Gasteiger partial charge in [-0.1, -0.05) is 89.2 Å². The van der Waals surface area contributed by atoms with Crippen LogP contribution in [0.1, 0.15) is 104 Å². The molecule has 1 atom stereocenters. The molecule has 1 saturated heterocycles. The molecule has 0 saturated carbocycles. The molecule has 0 aliphatic carbocycles. The lowest BCUT2D eigenvalue weighted by Gasteiger charge is -2.05. The lowest BCUT2D eigenvalue weighted by Crippen LogP contribution is -2.08. The zero-order valence-electron chi connectivity index (χ0n) is 15.8. The second-order valence-corrected chi connectivity index (χ2v) is 7.18. The Kier molecular flexibility index (Phi) is 11.5. The van der Waals surface area contributed by atoms with Gasteiger partial charge in [0.1, 0.15) is 0 Å². The van der Waals surface area contributed by atoms with E-state index < -0.39 is 0 Å². The summed E-state index contributed by atoms with van der Waals surface area (Å²) in [6.45, 7) is 4.20. The van der Waals surface area contributed by atoms with E-state index in [9.17, 15) is 9.59 Å². The van der Waals surface area contributed by atoms with Gasteiger partial charge in [0.2, 0.25) is 0 Å². The van der Waals surface area contributed by atoms with E-state index in [0.29, 0.717) is 0 Å². The number of carbonyl (C=O) groups excluding carboxylic acids is 2. The number of rotatable bonds is 14. The van der Waals surface area contributed by atoms with Gasteiger partial charge in [0.25, 0.3) is 0 Å². The van der Waals surface area contributed by atoms with Crippen LogP contribution in [0.3, 0.4) is 0 Å². The first-order valence-electron chi connectivity index (χ1n) is 10.1. The van der Waals surface area contributed by atoms with Crippen molar-refractivity contribution < 1.29 is 14.3 Å².